The van der Waals surface area contributed by atoms with Crippen LogP contribution in [0.1, 0.15) is 49.9 Å². The highest BCUT2D eigenvalue weighted by Crippen LogP contribution is 2.41. The van der Waals surface area contributed by atoms with Gasteiger partial charge in [-0.15, -0.1) is 0 Å². The fourth-order valence-corrected chi connectivity index (χ4v) is 5.10. The van der Waals surface area contributed by atoms with Crippen molar-refractivity contribution in [3.05, 3.63) is 69.2 Å². The van der Waals surface area contributed by atoms with Crippen LogP contribution in [0, 0.1) is 0 Å². The van der Waals surface area contributed by atoms with Crippen LogP contribution in [0.2, 0.25) is 0 Å². The number of rotatable bonds is 8. The van der Waals surface area contributed by atoms with E-state index in [1.165, 1.54) is 0 Å². The Morgan fingerprint density at radius 3 is 2.53 bits per heavy atom. The zero-order valence-corrected chi connectivity index (χ0v) is 21.5. The first-order valence-electron chi connectivity index (χ1n) is 11.9. The predicted molar refractivity (Wildman–Crippen MR) is 136 cm³/mol. The number of hydrogen-bond donors (Lipinski definition) is 1. The molecule has 34 heavy (non-hydrogen) atoms. The number of carbonyl (C=O) groups excluding carboxylic acids is 2. The van der Waals surface area contributed by atoms with Crippen LogP contribution in [0.5, 0.6) is 5.75 Å². The Balaban J connectivity index is 1.72. The Kier molecular flexibility index (Phi) is 7.43. The molecular formula is C27H31BrN2O4. The molecule has 1 amide bonds. The molecule has 2 atom stereocenters. The summed E-state index contributed by atoms with van der Waals surface area (Å²) >= 11 is 3.45. The number of likely N-dealkylation sites (tertiary alicyclic amines) is 1. The highest BCUT2D eigenvalue weighted by molar-refractivity contribution is 9.10. The minimum absolute atomic E-state index is 0.0755. The van der Waals surface area contributed by atoms with E-state index in [1.807, 2.05) is 43.3 Å². The monoisotopic (exact) mass is 526 g/mol. The zero-order valence-electron chi connectivity index (χ0n) is 19.9. The standard InChI is InChI=1S/C27H31BrN2O4/c1-4-29(5-2)13-6-14-30-24(18-7-10-21(28)11-8-18)23(26(32)27(30)33)25(31)19-9-12-22-20(16-19)15-17(3)34-22/h7-12,16-17,24,31H,4-6,13-15H2,1-3H3/t17-,24-/m1/s1. The number of nitrogens with zero attached hydrogens (tertiary/aromatic N) is 2. The molecular weight excluding hydrogens is 496 g/mol. The number of halogens is 1. The summed E-state index contributed by atoms with van der Waals surface area (Å²) in [4.78, 5) is 30.3. The first-order chi connectivity index (χ1) is 16.3. The van der Waals surface area contributed by atoms with Gasteiger partial charge in [0.15, 0.2) is 0 Å². The van der Waals surface area contributed by atoms with Gasteiger partial charge in [-0.2, -0.15) is 0 Å². The number of carbonyl (C=O) groups is 2. The van der Waals surface area contributed by atoms with Crippen LogP contribution in [0.15, 0.2) is 52.5 Å². The lowest BCUT2D eigenvalue weighted by Gasteiger charge is -2.27. The van der Waals surface area contributed by atoms with Gasteiger partial charge in [-0.1, -0.05) is 41.9 Å². The van der Waals surface area contributed by atoms with Crippen LogP contribution in [0.3, 0.4) is 0 Å². The summed E-state index contributed by atoms with van der Waals surface area (Å²) < 4.78 is 6.68. The normalized spacial score (nSPS) is 21.3. The van der Waals surface area contributed by atoms with E-state index in [-0.39, 0.29) is 17.4 Å². The molecule has 0 spiro atoms. The molecule has 0 aromatic heterocycles. The molecule has 7 heteroatoms. The van der Waals surface area contributed by atoms with Crippen LogP contribution in [0.4, 0.5) is 0 Å². The summed E-state index contributed by atoms with van der Waals surface area (Å²) in [7, 11) is 0. The maximum Gasteiger partial charge on any atom is 0.295 e. The third kappa shape index (κ3) is 4.77. The fourth-order valence-electron chi connectivity index (χ4n) is 4.83. The molecule has 0 aliphatic carbocycles. The van der Waals surface area contributed by atoms with Crippen LogP contribution >= 0.6 is 15.9 Å². The molecule has 1 N–H and O–H groups in total. The Labute approximate surface area is 209 Å². The quantitative estimate of drug-likeness (QED) is 0.300. The average Bonchev–Trinajstić information content (AvgIpc) is 3.32. The van der Waals surface area contributed by atoms with E-state index in [9.17, 15) is 14.7 Å². The number of aliphatic hydroxyl groups is 1. The van der Waals surface area contributed by atoms with Crippen LogP contribution in [0.25, 0.3) is 5.76 Å². The van der Waals surface area contributed by atoms with E-state index in [4.69, 9.17) is 4.74 Å². The molecule has 2 aliphatic rings. The molecule has 6 nitrogen and oxygen atoms in total. The fraction of sp³-hybridized carbons (Fsp3) is 0.407. The molecule has 2 aromatic rings. The van der Waals surface area contributed by atoms with Crippen molar-refractivity contribution in [2.45, 2.75) is 45.8 Å². The second-order valence-corrected chi connectivity index (χ2v) is 9.80. The van der Waals surface area contributed by atoms with Gasteiger partial charge < -0.3 is 19.6 Å². The van der Waals surface area contributed by atoms with Gasteiger partial charge in [0, 0.05) is 23.0 Å². The van der Waals surface area contributed by atoms with Crippen LogP contribution in [-0.2, 0) is 16.0 Å². The molecule has 2 aliphatic heterocycles. The molecule has 0 saturated carbocycles. The molecule has 2 heterocycles. The SMILES string of the molecule is CCN(CC)CCCN1C(=O)C(=O)C(=C(O)c2ccc3c(c2)C[C@@H](C)O3)[C@H]1c1ccc(Br)cc1. The highest BCUT2D eigenvalue weighted by Gasteiger charge is 2.45. The largest absolute Gasteiger partial charge is 0.507 e. The number of ketones is 1. The molecule has 1 saturated heterocycles. The van der Waals surface area contributed by atoms with Crippen LogP contribution < -0.4 is 4.74 Å². The molecule has 4 rings (SSSR count). The highest BCUT2D eigenvalue weighted by atomic mass is 79.9. The maximum absolute atomic E-state index is 13.2. The molecule has 0 radical (unpaired) electrons. The number of aliphatic hydroxyl groups excluding tert-OH is 1. The van der Waals surface area contributed by atoms with Gasteiger partial charge in [-0.25, -0.2) is 0 Å². The van der Waals surface area contributed by atoms with Crippen molar-refractivity contribution in [2.24, 2.45) is 0 Å². The maximum atomic E-state index is 13.2. The second kappa shape index (κ2) is 10.3. The lowest BCUT2D eigenvalue weighted by molar-refractivity contribution is -0.140. The van der Waals surface area contributed by atoms with Crippen molar-refractivity contribution in [3.8, 4) is 5.75 Å². The number of benzene rings is 2. The summed E-state index contributed by atoms with van der Waals surface area (Å²) in [6, 6.07) is 12.4. The van der Waals surface area contributed by atoms with E-state index < -0.39 is 17.7 Å². The van der Waals surface area contributed by atoms with Crippen molar-refractivity contribution >= 4 is 33.4 Å². The van der Waals surface area contributed by atoms with Crippen molar-refractivity contribution in [1.29, 1.82) is 0 Å². The van der Waals surface area contributed by atoms with Gasteiger partial charge in [0.1, 0.15) is 17.6 Å². The first kappa shape index (κ1) is 24.5. The van der Waals surface area contributed by atoms with Crippen molar-refractivity contribution in [1.82, 2.24) is 9.80 Å². The van der Waals surface area contributed by atoms with E-state index in [0.717, 1.165) is 53.8 Å². The summed E-state index contributed by atoms with van der Waals surface area (Å²) in [6.45, 7) is 9.37. The minimum Gasteiger partial charge on any atom is -0.507 e. The summed E-state index contributed by atoms with van der Waals surface area (Å²) in [5.41, 5.74) is 2.46. The van der Waals surface area contributed by atoms with Gasteiger partial charge >= 0.3 is 0 Å². The Bertz CT molecular complexity index is 1110. The van der Waals surface area contributed by atoms with Gasteiger partial charge in [-0.3, -0.25) is 9.59 Å². The number of hydrogen-bond acceptors (Lipinski definition) is 5. The molecule has 2 aromatic carbocycles. The third-order valence-corrected chi connectivity index (χ3v) is 7.19. The van der Waals surface area contributed by atoms with Gasteiger partial charge in [0.05, 0.1) is 11.6 Å². The Morgan fingerprint density at radius 1 is 1.15 bits per heavy atom. The zero-order chi connectivity index (χ0) is 24.4. The molecule has 1 fully saturated rings. The Morgan fingerprint density at radius 2 is 1.85 bits per heavy atom. The smallest absolute Gasteiger partial charge is 0.295 e. The van der Waals surface area contributed by atoms with Crippen molar-refractivity contribution in [2.75, 3.05) is 26.2 Å². The second-order valence-electron chi connectivity index (χ2n) is 8.88. The average molecular weight is 527 g/mol. The van der Waals surface area contributed by atoms with E-state index in [0.29, 0.717) is 12.1 Å². The summed E-state index contributed by atoms with van der Waals surface area (Å²) in [5.74, 6) is -0.546. The third-order valence-electron chi connectivity index (χ3n) is 6.66. The number of Topliss-reactive ketones (excluding diaryl/α,β-unsaturated/α-hetero) is 1. The molecule has 0 bridgehead atoms. The Hall–Kier alpha value is -2.64. The number of amides is 1. The van der Waals surface area contributed by atoms with Gasteiger partial charge in [-0.05, 0) is 74.4 Å². The molecule has 180 valence electrons. The van der Waals surface area contributed by atoms with E-state index in [1.54, 1.807) is 11.0 Å². The van der Waals surface area contributed by atoms with Crippen LogP contribution in [-0.4, -0.2) is 58.9 Å². The van der Waals surface area contributed by atoms with E-state index in [2.05, 4.69) is 34.7 Å². The van der Waals surface area contributed by atoms with Crippen molar-refractivity contribution in [3.63, 3.8) is 0 Å². The van der Waals surface area contributed by atoms with Crippen molar-refractivity contribution < 1.29 is 19.4 Å². The van der Waals surface area contributed by atoms with Gasteiger partial charge in [0.2, 0.25) is 0 Å². The molecule has 0 unspecified atom stereocenters. The lowest BCUT2D eigenvalue weighted by Crippen LogP contribution is -2.33. The first-order valence-corrected chi connectivity index (χ1v) is 12.7. The van der Waals surface area contributed by atoms with E-state index >= 15 is 0 Å². The van der Waals surface area contributed by atoms with Gasteiger partial charge in [0.25, 0.3) is 11.7 Å². The number of fused-ring (bicyclic) bond motifs is 1. The summed E-state index contributed by atoms with van der Waals surface area (Å²) in [6.07, 6.45) is 1.56. The predicted octanol–water partition coefficient (Wildman–Crippen LogP) is 4.93. The number of ether oxygens (including phenoxy) is 1. The minimum atomic E-state index is -0.640. The topological polar surface area (TPSA) is 70.1 Å². The lowest BCUT2D eigenvalue weighted by atomic mass is 9.94. The summed E-state index contributed by atoms with van der Waals surface area (Å²) in [5, 5.41) is 11.3.